The number of carbonyl (C=O) groups excluding carboxylic acids is 1. The van der Waals surface area contributed by atoms with E-state index < -0.39 is 0 Å². The van der Waals surface area contributed by atoms with E-state index in [1.807, 2.05) is 85.1 Å². The van der Waals surface area contributed by atoms with Crippen LogP contribution in [-0.2, 0) is 13.0 Å². The Hall–Kier alpha value is -4.33. The van der Waals surface area contributed by atoms with E-state index >= 15 is 0 Å². The van der Waals surface area contributed by atoms with Crippen molar-refractivity contribution in [2.45, 2.75) is 19.0 Å². The maximum atomic E-state index is 12.7. The molecule has 0 aliphatic carbocycles. The Balaban J connectivity index is 1.50. The molecule has 2 amide bonds. The van der Waals surface area contributed by atoms with Crippen molar-refractivity contribution in [3.8, 4) is 22.8 Å². The fraction of sp³-hybridized carbons (Fsp3) is 0.192. The second kappa shape index (κ2) is 11.0. The monoisotopic (exact) mass is 457 g/mol. The van der Waals surface area contributed by atoms with Crippen LogP contribution in [-0.4, -0.2) is 41.3 Å². The van der Waals surface area contributed by atoms with Gasteiger partial charge in [0.05, 0.1) is 33.0 Å². The summed E-state index contributed by atoms with van der Waals surface area (Å²) in [6.45, 7) is 0.456. The highest BCUT2D eigenvalue weighted by Crippen LogP contribution is 2.31. The summed E-state index contributed by atoms with van der Waals surface area (Å²) in [5.41, 5.74) is 3.41. The van der Waals surface area contributed by atoms with E-state index in [1.165, 1.54) is 0 Å². The predicted octanol–water partition coefficient (Wildman–Crippen LogP) is 4.40. The first kappa shape index (κ1) is 22.8. The van der Waals surface area contributed by atoms with Crippen LogP contribution in [0.1, 0.15) is 5.56 Å². The van der Waals surface area contributed by atoms with Crippen LogP contribution < -0.4 is 20.1 Å². The Morgan fingerprint density at radius 1 is 0.941 bits per heavy atom. The van der Waals surface area contributed by atoms with Gasteiger partial charge in [-0.3, -0.25) is 0 Å². The topological polar surface area (TPSA) is 90.3 Å². The van der Waals surface area contributed by atoms with E-state index in [-0.39, 0.29) is 12.1 Å². The predicted molar refractivity (Wildman–Crippen MR) is 131 cm³/mol. The van der Waals surface area contributed by atoms with Crippen LogP contribution in [0, 0.1) is 0 Å². The molecule has 2 N–H and O–H groups in total. The van der Waals surface area contributed by atoms with Crippen molar-refractivity contribution in [2.24, 2.45) is 0 Å². The number of hydrogen-bond donors (Lipinski definition) is 2. The molecule has 0 spiro atoms. The first-order valence-electron chi connectivity index (χ1n) is 10.9. The van der Waals surface area contributed by atoms with Crippen LogP contribution >= 0.6 is 0 Å². The molecule has 3 aromatic carbocycles. The lowest BCUT2D eigenvalue weighted by Gasteiger charge is -2.19. The molecule has 0 bridgehead atoms. The van der Waals surface area contributed by atoms with E-state index in [2.05, 4.69) is 20.9 Å². The molecule has 0 radical (unpaired) electrons. The molecule has 34 heavy (non-hydrogen) atoms. The van der Waals surface area contributed by atoms with Crippen molar-refractivity contribution in [2.75, 3.05) is 19.5 Å². The number of nitrogens with one attached hydrogen (secondary N) is 2. The Morgan fingerprint density at radius 2 is 1.65 bits per heavy atom. The number of hydrogen-bond acceptors (Lipinski definition) is 5. The zero-order chi connectivity index (χ0) is 23.8. The zero-order valence-electron chi connectivity index (χ0n) is 19.1. The molecule has 4 aromatic rings. The summed E-state index contributed by atoms with van der Waals surface area (Å²) in [6, 6.07) is 24.5. The van der Waals surface area contributed by atoms with Crippen LogP contribution in [0.4, 0.5) is 10.5 Å². The molecule has 0 aliphatic heterocycles. The largest absolute Gasteiger partial charge is 0.493 e. The van der Waals surface area contributed by atoms with Crippen LogP contribution in [0.25, 0.3) is 11.3 Å². The maximum absolute atomic E-state index is 12.7. The molecule has 4 rings (SSSR count). The van der Waals surface area contributed by atoms with Gasteiger partial charge in [-0.15, -0.1) is 5.10 Å². The number of methoxy groups -OCH3 is 2. The second-order valence-electron chi connectivity index (χ2n) is 7.75. The summed E-state index contributed by atoms with van der Waals surface area (Å²) in [7, 11) is 3.19. The standard InChI is InChI=1S/C26H27N5O3/c1-33-24-14-13-20(16-25(24)34-2)23-18-31(30-29-23)17-22(15-19-9-5-3-6-10-19)28-26(32)27-21-11-7-4-8-12-21/h3-14,16,18,22H,15,17H2,1-2H3,(H2,27,28,32)/t22-/m0/s1. The lowest BCUT2D eigenvalue weighted by molar-refractivity contribution is 0.246. The summed E-state index contributed by atoms with van der Waals surface area (Å²) in [6.07, 6.45) is 2.50. The lowest BCUT2D eigenvalue weighted by Crippen LogP contribution is -2.42. The Kier molecular flexibility index (Phi) is 7.39. The van der Waals surface area contributed by atoms with Crippen LogP contribution in [0.5, 0.6) is 11.5 Å². The minimum absolute atomic E-state index is 0.203. The molecule has 8 heteroatoms. The highest BCUT2D eigenvalue weighted by molar-refractivity contribution is 5.89. The number of urea groups is 1. The third-order valence-corrected chi connectivity index (χ3v) is 5.32. The Bertz CT molecular complexity index is 1210. The first-order chi connectivity index (χ1) is 16.6. The fourth-order valence-corrected chi connectivity index (χ4v) is 3.68. The van der Waals surface area contributed by atoms with Gasteiger partial charge in [0.1, 0.15) is 5.69 Å². The first-order valence-corrected chi connectivity index (χ1v) is 10.9. The van der Waals surface area contributed by atoms with Gasteiger partial charge in [-0.2, -0.15) is 0 Å². The van der Waals surface area contributed by atoms with Crippen molar-refractivity contribution >= 4 is 11.7 Å². The lowest BCUT2D eigenvalue weighted by atomic mass is 10.1. The third kappa shape index (κ3) is 5.92. The number of amides is 2. The van der Waals surface area contributed by atoms with E-state index in [4.69, 9.17) is 9.47 Å². The van der Waals surface area contributed by atoms with Gasteiger partial charge in [-0.1, -0.05) is 53.7 Å². The van der Waals surface area contributed by atoms with Gasteiger partial charge < -0.3 is 20.1 Å². The number of para-hydroxylation sites is 1. The summed E-state index contributed by atoms with van der Waals surface area (Å²) < 4.78 is 12.4. The fourth-order valence-electron chi connectivity index (χ4n) is 3.68. The van der Waals surface area contributed by atoms with E-state index in [0.717, 1.165) is 16.8 Å². The van der Waals surface area contributed by atoms with Crippen molar-refractivity contribution in [3.05, 3.63) is 90.6 Å². The van der Waals surface area contributed by atoms with Crippen molar-refractivity contribution in [3.63, 3.8) is 0 Å². The number of nitrogens with zero attached hydrogens (tertiary/aromatic N) is 3. The van der Waals surface area contributed by atoms with E-state index in [0.29, 0.717) is 30.2 Å². The van der Waals surface area contributed by atoms with Crippen molar-refractivity contribution < 1.29 is 14.3 Å². The van der Waals surface area contributed by atoms with Gasteiger partial charge in [0.15, 0.2) is 11.5 Å². The normalized spacial score (nSPS) is 11.5. The SMILES string of the molecule is COc1ccc(-c2cn(C[C@H](Cc3ccccc3)NC(=O)Nc3ccccc3)nn2)cc1OC. The van der Waals surface area contributed by atoms with E-state index in [1.54, 1.807) is 18.9 Å². The summed E-state index contributed by atoms with van der Waals surface area (Å²) in [5.74, 6) is 1.27. The minimum atomic E-state index is -0.271. The quantitative estimate of drug-likeness (QED) is 0.389. The number of anilines is 1. The minimum Gasteiger partial charge on any atom is -0.493 e. The van der Waals surface area contributed by atoms with Gasteiger partial charge >= 0.3 is 6.03 Å². The molecular weight excluding hydrogens is 430 g/mol. The van der Waals surface area contributed by atoms with Crippen molar-refractivity contribution in [1.29, 1.82) is 0 Å². The average molecular weight is 458 g/mol. The zero-order valence-corrected chi connectivity index (χ0v) is 19.1. The van der Waals surface area contributed by atoms with Crippen LogP contribution in [0.15, 0.2) is 85.1 Å². The molecule has 0 unspecified atom stereocenters. The summed E-state index contributed by atoms with van der Waals surface area (Å²) >= 11 is 0. The molecule has 1 aromatic heterocycles. The molecule has 1 heterocycles. The Labute approximate surface area is 198 Å². The highest BCUT2D eigenvalue weighted by Gasteiger charge is 2.16. The molecule has 0 aliphatic rings. The van der Waals surface area contributed by atoms with Gasteiger partial charge in [-0.05, 0) is 42.3 Å². The van der Waals surface area contributed by atoms with E-state index in [9.17, 15) is 4.79 Å². The number of benzene rings is 3. The van der Waals surface area contributed by atoms with Gasteiger partial charge in [0.2, 0.25) is 0 Å². The molecule has 1 atom stereocenters. The van der Waals surface area contributed by atoms with Crippen molar-refractivity contribution in [1.82, 2.24) is 20.3 Å². The number of ether oxygens (including phenoxy) is 2. The second-order valence-corrected chi connectivity index (χ2v) is 7.75. The average Bonchev–Trinajstić information content (AvgIpc) is 3.33. The maximum Gasteiger partial charge on any atom is 0.319 e. The third-order valence-electron chi connectivity index (χ3n) is 5.32. The van der Waals surface area contributed by atoms with Crippen LogP contribution in [0.3, 0.4) is 0 Å². The highest BCUT2D eigenvalue weighted by atomic mass is 16.5. The molecule has 174 valence electrons. The molecule has 0 saturated carbocycles. The van der Waals surface area contributed by atoms with Gasteiger partial charge in [0, 0.05) is 11.3 Å². The molecule has 0 fully saturated rings. The smallest absolute Gasteiger partial charge is 0.319 e. The number of aromatic nitrogens is 3. The molecule has 8 nitrogen and oxygen atoms in total. The molecule has 0 saturated heterocycles. The van der Waals surface area contributed by atoms with Gasteiger partial charge in [-0.25, -0.2) is 9.48 Å². The van der Waals surface area contributed by atoms with Gasteiger partial charge in [0.25, 0.3) is 0 Å². The molecular formula is C26H27N5O3. The Morgan fingerprint density at radius 3 is 2.35 bits per heavy atom. The number of carbonyl (C=O) groups is 1. The number of rotatable bonds is 9. The summed E-state index contributed by atoms with van der Waals surface area (Å²) in [4.78, 5) is 12.7. The summed E-state index contributed by atoms with van der Waals surface area (Å²) in [5, 5.41) is 14.5. The van der Waals surface area contributed by atoms with Crippen LogP contribution in [0.2, 0.25) is 0 Å².